The molecule has 0 bridgehead atoms. The van der Waals surface area contributed by atoms with Gasteiger partial charge in [0.2, 0.25) is 0 Å². The molecule has 0 aromatic carbocycles. The fraction of sp³-hybridized carbons (Fsp3) is 0.231. The molecule has 0 aliphatic heterocycles. The maximum atomic E-state index is 12.3. The Balaban J connectivity index is 2.08. The van der Waals surface area contributed by atoms with Crippen molar-refractivity contribution in [1.82, 2.24) is 14.5 Å². The van der Waals surface area contributed by atoms with E-state index in [-0.39, 0.29) is 11.5 Å². The fourth-order valence-corrected chi connectivity index (χ4v) is 3.60. The lowest BCUT2D eigenvalue weighted by Crippen LogP contribution is -2.19. The van der Waals surface area contributed by atoms with E-state index in [4.69, 9.17) is 0 Å². The van der Waals surface area contributed by atoms with Crippen molar-refractivity contribution in [2.24, 2.45) is 0 Å². The molecule has 0 radical (unpaired) electrons. The van der Waals surface area contributed by atoms with Crippen LogP contribution in [0, 0.1) is 6.92 Å². The summed E-state index contributed by atoms with van der Waals surface area (Å²) in [6.07, 6.45) is 3.14. The second kappa shape index (κ2) is 5.38. The highest BCUT2D eigenvalue weighted by Crippen LogP contribution is 2.27. The number of carbonyl (C=O) groups excluding carboxylic acids is 1. The van der Waals surface area contributed by atoms with E-state index in [1.54, 1.807) is 18.5 Å². The topological polar surface area (TPSA) is 76.9 Å². The quantitative estimate of drug-likeness (QED) is 0.804. The summed E-state index contributed by atoms with van der Waals surface area (Å²) >= 11 is 2.58. The van der Waals surface area contributed by atoms with E-state index in [2.05, 4.69) is 15.3 Å². The summed E-state index contributed by atoms with van der Waals surface area (Å²) in [5.74, 6) is -0.257. The fourth-order valence-electron chi connectivity index (χ4n) is 2.04. The summed E-state index contributed by atoms with van der Waals surface area (Å²) in [7, 11) is 0. The van der Waals surface area contributed by atoms with Crippen LogP contribution in [0.25, 0.3) is 10.2 Å². The summed E-state index contributed by atoms with van der Waals surface area (Å²) in [5.41, 5.74) is 0.564. The number of aromatic nitrogens is 3. The molecule has 1 N–H and O–H groups in total. The molecule has 0 aliphatic rings. The van der Waals surface area contributed by atoms with Crippen molar-refractivity contribution in [2.45, 2.75) is 20.4 Å². The molecule has 108 valence electrons. The molecular weight excluding hydrogens is 308 g/mol. The van der Waals surface area contributed by atoms with Crippen molar-refractivity contribution in [3.63, 3.8) is 0 Å². The average molecular weight is 320 g/mol. The summed E-state index contributed by atoms with van der Waals surface area (Å²) in [4.78, 5) is 34.0. The highest BCUT2D eigenvalue weighted by atomic mass is 32.1. The first kappa shape index (κ1) is 13.9. The third-order valence-electron chi connectivity index (χ3n) is 3.12. The lowest BCUT2D eigenvalue weighted by molar-refractivity contribution is 0.103. The molecule has 1 amide bonds. The van der Waals surface area contributed by atoms with Gasteiger partial charge >= 0.3 is 0 Å². The molecule has 0 fully saturated rings. The SMILES string of the molecule is CCn1cnc2sc(C(=O)Nc3nccs3)c(C)c2c1=O. The van der Waals surface area contributed by atoms with Gasteiger partial charge in [-0.3, -0.25) is 19.5 Å². The first-order chi connectivity index (χ1) is 10.1. The smallest absolute Gasteiger partial charge is 0.267 e. The van der Waals surface area contributed by atoms with Crippen LogP contribution < -0.4 is 10.9 Å². The second-order valence-electron chi connectivity index (χ2n) is 4.36. The molecule has 0 spiro atoms. The van der Waals surface area contributed by atoms with Crippen LogP contribution in [0.1, 0.15) is 22.2 Å². The van der Waals surface area contributed by atoms with Gasteiger partial charge in [0.1, 0.15) is 4.83 Å². The molecule has 3 aromatic rings. The highest BCUT2D eigenvalue weighted by molar-refractivity contribution is 7.20. The minimum atomic E-state index is -0.257. The lowest BCUT2D eigenvalue weighted by Gasteiger charge is -2.01. The highest BCUT2D eigenvalue weighted by Gasteiger charge is 2.19. The molecule has 3 aromatic heterocycles. The number of amides is 1. The number of thiazole rings is 1. The van der Waals surface area contributed by atoms with Gasteiger partial charge in [0.05, 0.1) is 16.6 Å². The van der Waals surface area contributed by atoms with Crippen LogP contribution in [0.4, 0.5) is 5.13 Å². The molecule has 0 saturated carbocycles. The number of fused-ring (bicyclic) bond motifs is 1. The number of rotatable bonds is 3. The predicted octanol–water partition coefficient (Wildman–Crippen LogP) is 2.50. The average Bonchev–Trinajstić information content (AvgIpc) is 3.07. The minimum Gasteiger partial charge on any atom is -0.299 e. The Morgan fingerprint density at radius 3 is 2.90 bits per heavy atom. The van der Waals surface area contributed by atoms with Crippen LogP contribution in [0.3, 0.4) is 0 Å². The van der Waals surface area contributed by atoms with Crippen LogP contribution in [0.2, 0.25) is 0 Å². The van der Waals surface area contributed by atoms with Crippen LogP contribution >= 0.6 is 22.7 Å². The van der Waals surface area contributed by atoms with E-state index in [9.17, 15) is 9.59 Å². The van der Waals surface area contributed by atoms with Gasteiger partial charge in [-0.2, -0.15) is 0 Å². The number of anilines is 1. The lowest BCUT2D eigenvalue weighted by atomic mass is 10.2. The first-order valence-corrected chi connectivity index (χ1v) is 8.00. The number of hydrogen-bond acceptors (Lipinski definition) is 6. The molecule has 0 aliphatic carbocycles. The van der Waals surface area contributed by atoms with Gasteiger partial charge in [-0.25, -0.2) is 9.97 Å². The predicted molar refractivity (Wildman–Crippen MR) is 84.4 cm³/mol. The zero-order valence-electron chi connectivity index (χ0n) is 11.4. The van der Waals surface area contributed by atoms with Crippen LogP contribution in [-0.2, 0) is 6.54 Å². The van der Waals surface area contributed by atoms with Crippen molar-refractivity contribution in [3.05, 3.63) is 38.7 Å². The van der Waals surface area contributed by atoms with E-state index in [0.717, 1.165) is 0 Å². The van der Waals surface area contributed by atoms with Crippen LogP contribution in [0.15, 0.2) is 22.7 Å². The van der Waals surface area contributed by atoms with Gasteiger partial charge in [0.15, 0.2) is 5.13 Å². The Labute approximate surface area is 128 Å². The minimum absolute atomic E-state index is 0.107. The summed E-state index contributed by atoms with van der Waals surface area (Å²) in [5, 5.41) is 5.58. The van der Waals surface area contributed by atoms with E-state index in [1.807, 2.05) is 6.92 Å². The van der Waals surface area contributed by atoms with Crippen molar-refractivity contribution < 1.29 is 4.79 Å². The van der Waals surface area contributed by atoms with Gasteiger partial charge in [-0.1, -0.05) is 0 Å². The van der Waals surface area contributed by atoms with E-state index in [1.165, 1.54) is 33.6 Å². The number of nitrogens with one attached hydrogen (secondary N) is 1. The van der Waals surface area contributed by atoms with Gasteiger partial charge in [-0.05, 0) is 19.4 Å². The van der Waals surface area contributed by atoms with Crippen LogP contribution in [-0.4, -0.2) is 20.4 Å². The third kappa shape index (κ3) is 2.36. The monoisotopic (exact) mass is 320 g/mol. The number of thiophene rings is 1. The van der Waals surface area contributed by atoms with Gasteiger partial charge in [0, 0.05) is 18.1 Å². The Morgan fingerprint density at radius 1 is 1.43 bits per heavy atom. The van der Waals surface area contributed by atoms with E-state index < -0.39 is 0 Å². The van der Waals surface area contributed by atoms with E-state index >= 15 is 0 Å². The molecule has 0 saturated heterocycles. The van der Waals surface area contributed by atoms with Crippen molar-refractivity contribution in [3.8, 4) is 0 Å². The molecule has 8 heteroatoms. The van der Waals surface area contributed by atoms with Gasteiger partial charge in [-0.15, -0.1) is 22.7 Å². The molecule has 3 heterocycles. The maximum absolute atomic E-state index is 12.3. The largest absolute Gasteiger partial charge is 0.299 e. The Kier molecular flexibility index (Phi) is 3.56. The van der Waals surface area contributed by atoms with Gasteiger partial charge < -0.3 is 0 Å². The Hall–Kier alpha value is -2.06. The molecule has 3 rings (SSSR count). The number of aryl methyl sites for hydroxylation is 2. The number of carbonyl (C=O) groups is 1. The zero-order chi connectivity index (χ0) is 15.0. The summed E-state index contributed by atoms with van der Waals surface area (Å²) < 4.78 is 1.53. The Morgan fingerprint density at radius 2 is 2.24 bits per heavy atom. The molecule has 21 heavy (non-hydrogen) atoms. The molecular formula is C13H12N4O2S2. The standard InChI is InChI=1S/C13H12N4O2S2/c1-3-17-6-15-11-8(12(17)19)7(2)9(21-11)10(18)16-13-14-4-5-20-13/h4-6H,3H2,1-2H3,(H,14,16,18). The van der Waals surface area contributed by atoms with Crippen LogP contribution in [0.5, 0.6) is 0 Å². The first-order valence-electron chi connectivity index (χ1n) is 6.31. The van der Waals surface area contributed by atoms with Crippen molar-refractivity contribution in [2.75, 3.05) is 5.32 Å². The normalized spacial score (nSPS) is 11.0. The number of nitrogens with zero attached hydrogens (tertiary/aromatic N) is 3. The van der Waals surface area contributed by atoms with Crippen molar-refractivity contribution >= 4 is 43.9 Å². The molecule has 6 nitrogen and oxygen atoms in total. The maximum Gasteiger partial charge on any atom is 0.267 e. The summed E-state index contributed by atoms with van der Waals surface area (Å²) in [6, 6.07) is 0. The second-order valence-corrected chi connectivity index (χ2v) is 6.26. The van der Waals surface area contributed by atoms with Gasteiger partial charge in [0.25, 0.3) is 11.5 Å². The molecule has 0 unspecified atom stereocenters. The molecule has 0 atom stereocenters. The van der Waals surface area contributed by atoms with Crippen molar-refractivity contribution in [1.29, 1.82) is 0 Å². The number of hydrogen-bond donors (Lipinski definition) is 1. The van der Waals surface area contributed by atoms with E-state index in [0.29, 0.717) is 32.3 Å². The zero-order valence-corrected chi connectivity index (χ0v) is 13.0. The third-order valence-corrected chi connectivity index (χ3v) is 5.00. The Bertz CT molecular complexity index is 864. The summed E-state index contributed by atoms with van der Waals surface area (Å²) in [6.45, 7) is 4.21.